The van der Waals surface area contributed by atoms with Gasteiger partial charge in [0.2, 0.25) is 10.0 Å². The van der Waals surface area contributed by atoms with Crippen molar-refractivity contribution in [3.63, 3.8) is 0 Å². The lowest BCUT2D eigenvalue weighted by molar-refractivity contribution is 0.455. The number of sulfonamides is 1. The second-order valence-corrected chi connectivity index (χ2v) is 9.87. The zero-order valence-electron chi connectivity index (χ0n) is 12.9. The van der Waals surface area contributed by atoms with Gasteiger partial charge in [0.1, 0.15) is 23.1 Å². The van der Waals surface area contributed by atoms with Gasteiger partial charge in [-0.2, -0.15) is 4.31 Å². The molecule has 1 aromatic carbocycles. The van der Waals surface area contributed by atoms with Crippen LogP contribution in [0.25, 0.3) is 0 Å². The third-order valence-corrected chi connectivity index (χ3v) is 8.06. The monoisotopic (exact) mass is 391 g/mol. The summed E-state index contributed by atoms with van der Waals surface area (Å²) in [6.07, 6.45) is 1.40. The molecule has 1 unspecified atom stereocenters. The first-order valence-electron chi connectivity index (χ1n) is 7.40. The molecule has 1 fully saturated rings. The van der Waals surface area contributed by atoms with Crippen molar-refractivity contribution < 1.29 is 30.0 Å². The van der Waals surface area contributed by atoms with Crippen LogP contribution >= 0.6 is 0 Å². The summed E-state index contributed by atoms with van der Waals surface area (Å²) < 4.78 is 83.3. The SMILES string of the molecule is O=S(=O)(Cc1ccco1)C1CCN(S(=O)(=O)c2c(F)cccc2F)C1. The third kappa shape index (κ3) is 3.46. The molecule has 2 heterocycles. The number of hydrogen-bond acceptors (Lipinski definition) is 5. The van der Waals surface area contributed by atoms with Crippen LogP contribution in [0.1, 0.15) is 12.2 Å². The first kappa shape index (κ1) is 18.0. The van der Waals surface area contributed by atoms with Crippen LogP contribution in [-0.4, -0.2) is 39.5 Å². The first-order valence-corrected chi connectivity index (χ1v) is 10.6. The number of nitrogens with zero attached hydrogens (tertiary/aromatic N) is 1. The molecule has 0 saturated carbocycles. The zero-order chi connectivity index (χ0) is 18.2. The summed E-state index contributed by atoms with van der Waals surface area (Å²) in [5.74, 6) is -2.52. The van der Waals surface area contributed by atoms with Gasteiger partial charge in [-0.1, -0.05) is 6.07 Å². The Morgan fingerprint density at radius 2 is 1.76 bits per heavy atom. The number of rotatable bonds is 5. The van der Waals surface area contributed by atoms with E-state index < -0.39 is 41.6 Å². The predicted molar refractivity (Wildman–Crippen MR) is 84.9 cm³/mol. The van der Waals surface area contributed by atoms with Gasteiger partial charge in [0.05, 0.1) is 11.5 Å². The molecule has 1 atom stereocenters. The van der Waals surface area contributed by atoms with E-state index in [-0.39, 0.29) is 31.0 Å². The average Bonchev–Trinajstić information content (AvgIpc) is 3.17. The minimum Gasteiger partial charge on any atom is -0.468 e. The van der Waals surface area contributed by atoms with Crippen LogP contribution in [0, 0.1) is 11.6 Å². The highest BCUT2D eigenvalue weighted by Crippen LogP contribution is 2.28. The van der Waals surface area contributed by atoms with E-state index in [2.05, 4.69) is 0 Å². The molecule has 0 N–H and O–H groups in total. The van der Waals surface area contributed by atoms with Gasteiger partial charge in [-0.25, -0.2) is 25.6 Å². The Labute approximate surface area is 144 Å². The largest absolute Gasteiger partial charge is 0.468 e. The van der Waals surface area contributed by atoms with Crippen molar-refractivity contribution in [2.24, 2.45) is 0 Å². The van der Waals surface area contributed by atoms with Crippen molar-refractivity contribution in [2.45, 2.75) is 22.3 Å². The minimum atomic E-state index is -4.46. The number of furan rings is 1. The lowest BCUT2D eigenvalue weighted by Crippen LogP contribution is -2.33. The van der Waals surface area contributed by atoms with E-state index >= 15 is 0 Å². The fourth-order valence-electron chi connectivity index (χ4n) is 2.78. The third-order valence-electron chi connectivity index (χ3n) is 4.06. The summed E-state index contributed by atoms with van der Waals surface area (Å²) >= 11 is 0. The van der Waals surface area contributed by atoms with Gasteiger partial charge in [-0.15, -0.1) is 0 Å². The number of hydrogen-bond donors (Lipinski definition) is 0. The van der Waals surface area contributed by atoms with Crippen molar-refractivity contribution in [3.8, 4) is 0 Å². The molecular formula is C15H15F2NO5S2. The molecule has 1 aliphatic rings. The molecule has 1 aliphatic heterocycles. The summed E-state index contributed by atoms with van der Waals surface area (Å²) in [4.78, 5) is -1.06. The summed E-state index contributed by atoms with van der Waals surface area (Å²) in [5, 5.41) is -0.956. The van der Waals surface area contributed by atoms with E-state index in [1.165, 1.54) is 12.3 Å². The molecule has 0 aliphatic carbocycles. The number of benzene rings is 1. The fourth-order valence-corrected chi connectivity index (χ4v) is 6.15. The lowest BCUT2D eigenvalue weighted by atomic mass is 10.3. The molecule has 2 aromatic rings. The van der Waals surface area contributed by atoms with Gasteiger partial charge in [0, 0.05) is 13.1 Å². The fraction of sp³-hybridized carbons (Fsp3) is 0.333. The van der Waals surface area contributed by atoms with Crippen molar-refractivity contribution in [1.29, 1.82) is 0 Å². The molecule has 10 heteroatoms. The predicted octanol–water partition coefficient (Wildman–Crippen LogP) is 1.94. The Kier molecular flexibility index (Phi) is 4.69. The van der Waals surface area contributed by atoms with Gasteiger partial charge in [0.25, 0.3) is 0 Å². The highest BCUT2D eigenvalue weighted by Gasteiger charge is 2.41. The topological polar surface area (TPSA) is 84.7 Å². The molecule has 25 heavy (non-hydrogen) atoms. The first-order chi connectivity index (χ1) is 11.7. The molecule has 0 radical (unpaired) electrons. The molecular weight excluding hydrogens is 376 g/mol. The van der Waals surface area contributed by atoms with E-state index in [0.29, 0.717) is 0 Å². The Hall–Kier alpha value is -1.78. The summed E-state index contributed by atoms with van der Waals surface area (Å²) in [6, 6.07) is 5.81. The summed E-state index contributed by atoms with van der Waals surface area (Å²) in [7, 11) is -8.13. The van der Waals surface area contributed by atoms with Crippen molar-refractivity contribution in [3.05, 3.63) is 54.0 Å². The molecule has 0 spiro atoms. The van der Waals surface area contributed by atoms with Gasteiger partial charge in [-0.3, -0.25) is 0 Å². The molecule has 136 valence electrons. The molecule has 1 aromatic heterocycles. The summed E-state index contributed by atoms with van der Waals surface area (Å²) in [5.41, 5.74) is 0. The highest BCUT2D eigenvalue weighted by atomic mass is 32.2. The summed E-state index contributed by atoms with van der Waals surface area (Å²) in [6.45, 7) is -0.475. The van der Waals surface area contributed by atoms with Gasteiger partial charge in [0.15, 0.2) is 14.7 Å². The van der Waals surface area contributed by atoms with Crippen LogP contribution < -0.4 is 0 Å². The normalized spacial score (nSPS) is 19.4. The van der Waals surface area contributed by atoms with Crippen molar-refractivity contribution >= 4 is 19.9 Å². The lowest BCUT2D eigenvalue weighted by Gasteiger charge is -2.17. The van der Waals surface area contributed by atoms with Crippen LogP contribution in [0.2, 0.25) is 0 Å². The van der Waals surface area contributed by atoms with Crippen molar-refractivity contribution in [1.82, 2.24) is 4.31 Å². The van der Waals surface area contributed by atoms with Crippen molar-refractivity contribution in [2.75, 3.05) is 13.1 Å². The second-order valence-electron chi connectivity index (χ2n) is 5.71. The van der Waals surface area contributed by atoms with E-state index in [1.54, 1.807) is 6.07 Å². The molecule has 0 amide bonds. The Bertz CT molecular complexity index is 951. The molecule has 1 saturated heterocycles. The van der Waals surface area contributed by atoms with E-state index in [1.807, 2.05) is 0 Å². The zero-order valence-corrected chi connectivity index (χ0v) is 14.6. The van der Waals surface area contributed by atoms with E-state index in [9.17, 15) is 25.6 Å². The Balaban J connectivity index is 1.83. The van der Waals surface area contributed by atoms with Gasteiger partial charge in [-0.05, 0) is 30.7 Å². The smallest absolute Gasteiger partial charge is 0.248 e. The number of halogens is 2. The maximum Gasteiger partial charge on any atom is 0.248 e. The highest BCUT2D eigenvalue weighted by molar-refractivity contribution is 7.91. The second kappa shape index (κ2) is 6.50. The van der Waals surface area contributed by atoms with E-state index in [0.717, 1.165) is 22.5 Å². The Morgan fingerprint density at radius 3 is 2.36 bits per heavy atom. The molecule has 0 bridgehead atoms. The van der Waals surface area contributed by atoms with Gasteiger partial charge < -0.3 is 4.42 Å². The molecule has 3 rings (SSSR count). The number of sulfone groups is 1. The van der Waals surface area contributed by atoms with Crippen LogP contribution in [-0.2, 0) is 25.6 Å². The van der Waals surface area contributed by atoms with E-state index in [4.69, 9.17) is 4.42 Å². The molecule has 6 nitrogen and oxygen atoms in total. The Morgan fingerprint density at radius 1 is 1.08 bits per heavy atom. The minimum absolute atomic E-state index is 0.0539. The van der Waals surface area contributed by atoms with Gasteiger partial charge >= 0.3 is 0 Å². The quantitative estimate of drug-likeness (QED) is 0.778. The van der Waals surface area contributed by atoms with Crippen LogP contribution in [0.15, 0.2) is 45.9 Å². The van der Waals surface area contributed by atoms with Crippen LogP contribution in [0.4, 0.5) is 8.78 Å². The van der Waals surface area contributed by atoms with Crippen LogP contribution in [0.3, 0.4) is 0 Å². The van der Waals surface area contributed by atoms with Crippen LogP contribution in [0.5, 0.6) is 0 Å². The standard InChI is InChI=1S/C15H15F2NO5S2/c16-13-4-1-5-14(17)15(13)25(21,22)18-7-6-12(9-18)24(19,20)10-11-3-2-8-23-11/h1-5,8,12H,6-7,9-10H2. The maximum absolute atomic E-state index is 13.8. The average molecular weight is 391 g/mol. The maximum atomic E-state index is 13.8.